The van der Waals surface area contributed by atoms with Gasteiger partial charge >= 0.3 is 0 Å². The lowest BCUT2D eigenvalue weighted by atomic mass is 10.2. The molecule has 2 aromatic heterocycles. The molecular weight excluding hydrogens is 176 g/mol. The Morgan fingerprint density at radius 3 is 2.57 bits per heavy atom. The summed E-state index contributed by atoms with van der Waals surface area (Å²) >= 11 is 0. The maximum Gasteiger partial charge on any atom is 0.146 e. The molecule has 70 valence electrons. The molecule has 2 aromatic rings. The molecule has 2 rings (SSSR count). The van der Waals surface area contributed by atoms with Crippen molar-refractivity contribution in [2.45, 2.75) is 0 Å². The zero-order valence-corrected chi connectivity index (χ0v) is 7.51. The van der Waals surface area contributed by atoms with Crippen LogP contribution >= 0.6 is 0 Å². The van der Waals surface area contributed by atoms with Crippen LogP contribution in [-0.4, -0.2) is 9.97 Å². The summed E-state index contributed by atoms with van der Waals surface area (Å²) in [6, 6.07) is 7.43. The van der Waals surface area contributed by atoms with Crippen LogP contribution in [0.3, 0.4) is 0 Å². The molecule has 0 radical (unpaired) electrons. The molecule has 2 heterocycles. The van der Waals surface area contributed by atoms with Crippen molar-refractivity contribution in [3.63, 3.8) is 0 Å². The molecule has 0 unspecified atom stereocenters. The molecule has 0 bridgehead atoms. The summed E-state index contributed by atoms with van der Waals surface area (Å²) in [5.41, 5.74) is 13.3. The van der Waals surface area contributed by atoms with Gasteiger partial charge in [0, 0.05) is 18.0 Å². The minimum Gasteiger partial charge on any atom is -0.396 e. The molecule has 4 heteroatoms. The average Bonchev–Trinajstić information content (AvgIpc) is 2.23. The van der Waals surface area contributed by atoms with E-state index in [0.29, 0.717) is 11.5 Å². The number of hydrogen-bond donors (Lipinski definition) is 2. The summed E-state index contributed by atoms with van der Waals surface area (Å²) in [6.07, 6.45) is 3.38. The monoisotopic (exact) mass is 186 g/mol. The lowest BCUT2D eigenvalue weighted by molar-refractivity contribution is 1.28. The first kappa shape index (κ1) is 8.50. The fourth-order valence-electron chi connectivity index (χ4n) is 1.17. The van der Waals surface area contributed by atoms with E-state index in [1.54, 1.807) is 18.5 Å². The third kappa shape index (κ3) is 1.50. The van der Waals surface area contributed by atoms with Crippen molar-refractivity contribution in [2.75, 3.05) is 11.5 Å². The van der Waals surface area contributed by atoms with Crippen LogP contribution in [0.1, 0.15) is 0 Å². The Balaban J connectivity index is 2.48. The second-order valence-electron chi connectivity index (χ2n) is 2.91. The van der Waals surface area contributed by atoms with Crippen LogP contribution in [0.2, 0.25) is 0 Å². The molecule has 0 fully saturated rings. The lowest BCUT2D eigenvalue weighted by Crippen LogP contribution is -1.98. The van der Waals surface area contributed by atoms with Crippen molar-refractivity contribution in [2.24, 2.45) is 0 Å². The van der Waals surface area contributed by atoms with Crippen molar-refractivity contribution >= 4 is 11.5 Å². The van der Waals surface area contributed by atoms with E-state index in [4.69, 9.17) is 11.5 Å². The summed E-state index contributed by atoms with van der Waals surface area (Å²) in [5.74, 6) is 0.352. The van der Waals surface area contributed by atoms with Crippen molar-refractivity contribution in [3.05, 3.63) is 36.7 Å². The highest BCUT2D eigenvalue weighted by atomic mass is 14.9. The second-order valence-corrected chi connectivity index (χ2v) is 2.91. The van der Waals surface area contributed by atoms with E-state index in [-0.39, 0.29) is 0 Å². The van der Waals surface area contributed by atoms with Gasteiger partial charge in [0.1, 0.15) is 5.82 Å². The van der Waals surface area contributed by atoms with Gasteiger partial charge in [-0.25, -0.2) is 4.98 Å². The second kappa shape index (κ2) is 3.33. The number of nitrogens with two attached hydrogens (primary N) is 2. The summed E-state index contributed by atoms with van der Waals surface area (Å²) in [4.78, 5) is 8.15. The molecule has 0 aliphatic heterocycles. The standard InChI is InChI=1S/C10H10N4/c11-8-5-7(6-14-10(8)12)9-3-1-2-4-13-9/h1-6H,11H2,(H2,12,14). The number of nitrogen functional groups attached to an aromatic ring is 2. The van der Waals surface area contributed by atoms with Gasteiger partial charge in [0.15, 0.2) is 0 Å². The third-order valence-corrected chi connectivity index (χ3v) is 1.91. The zero-order chi connectivity index (χ0) is 9.97. The van der Waals surface area contributed by atoms with Crippen LogP contribution in [0.15, 0.2) is 36.7 Å². The van der Waals surface area contributed by atoms with Crippen molar-refractivity contribution < 1.29 is 0 Å². The minimum absolute atomic E-state index is 0.352. The lowest BCUT2D eigenvalue weighted by Gasteiger charge is -2.02. The minimum atomic E-state index is 0.352. The van der Waals surface area contributed by atoms with Gasteiger partial charge in [-0.3, -0.25) is 4.98 Å². The van der Waals surface area contributed by atoms with E-state index in [2.05, 4.69) is 9.97 Å². The quantitative estimate of drug-likeness (QED) is 0.703. The molecule has 0 atom stereocenters. The Bertz CT molecular complexity index is 439. The Morgan fingerprint density at radius 2 is 1.93 bits per heavy atom. The van der Waals surface area contributed by atoms with Crippen molar-refractivity contribution in [3.8, 4) is 11.3 Å². The fraction of sp³-hybridized carbons (Fsp3) is 0. The largest absolute Gasteiger partial charge is 0.396 e. The van der Waals surface area contributed by atoms with Crippen LogP contribution in [-0.2, 0) is 0 Å². The SMILES string of the molecule is Nc1cc(-c2ccccn2)cnc1N. The maximum atomic E-state index is 5.64. The van der Waals surface area contributed by atoms with Crippen LogP contribution in [0.5, 0.6) is 0 Å². The first-order chi connectivity index (χ1) is 6.77. The molecule has 0 aliphatic carbocycles. The van der Waals surface area contributed by atoms with Crippen LogP contribution in [0, 0.1) is 0 Å². The molecule has 0 amide bonds. The van der Waals surface area contributed by atoms with E-state index < -0.39 is 0 Å². The van der Waals surface area contributed by atoms with Crippen molar-refractivity contribution in [1.29, 1.82) is 0 Å². The highest BCUT2D eigenvalue weighted by molar-refractivity contribution is 5.68. The number of nitrogens with zero attached hydrogens (tertiary/aromatic N) is 2. The highest BCUT2D eigenvalue weighted by Crippen LogP contribution is 2.20. The Morgan fingerprint density at radius 1 is 1.07 bits per heavy atom. The van der Waals surface area contributed by atoms with Gasteiger partial charge in [-0.05, 0) is 18.2 Å². The Kier molecular flexibility index (Phi) is 2.02. The predicted molar refractivity (Wildman–Crippen MR) is 56.3 cm³/mol. The summed E-state index contributed by atoms with van der Waals surface area (Å²) in [6.45, 7) is 0. The van der Waals surface area contributed by atoms with E-state index in [9.17, 15) is 0 Å². The molecular formula is C10H10N4. The molecule has 0 saturated carbocycles. The maximum absolute atomic E-state index is 5.64. The first-order valence-corrected chi connectivity index (χ1v) is 4.20. The van der Waals surface area contributed by atoms with Gasteiger partial charge in [-0.1, -0.05) is 6.07 Å². The number of pyridine rings is 2. The Hall–Kier alpha value is -2.10. The molecule has 0 saturated heterocycles. The topological polar surface area (TPSA) is 77.8 Å². The van der Waals surface area contributed by atoms with Gasteiger partial charge in [0.05, 0.1) is 11.4 Å². The third-order valence-electron chi connectivity index (χ3n) is 1.91. The van der Waals surface area contributed by atoms with E-state index in [1.807, 2.05) is 18.2 Å². The molecule has 0 aliphatic rings. The number of anilines is 2. The van der Waals surface area contributed by atoms with Crippen LogP contribution in [0.25, 0.3) is 11.3 Å². The van der Waals surface area contributed by atoms with Gasteiger partial charge < -0.3 is 11.5 Å². The molecule has 14 heavy (non-hydrogen) atoms. The van der Waals surface area contributed by atoms with Gasteiger partial charge in [0.2, 0.25) is 0 Å². The average molecular weight is 186 g/mol. The number of rotatable bonds is 1. The van der Waals surface area contributed by atoms with Gasteiger partial charge in [-0.2, -0.15) is 0 Å². The smallest absolute Gasteiger partial charge is 0.146 e. The normalized spacial score (nSPS) is 10.0. The summed E-state index contributed by atoms with van der Waals surface area (Å²) in [5, 5.41) is 0. The highest BCUT2D eigenvalue weighted by Gasteiger charge is 2.01. The van der Waals surface area contributed by atoms with Gasteiger partial charge in [0.25, 0.3) is 0 Å². The fourth-order valence-corrected chi connectivity index (χ4v) is 1.17. The van der Waals surface area contributed by atoms with E-state index in [0.717, 1.165) is 11.3 Å². The van der Waals surface area contributed by atoms with E-state index in [1.165, 1.54) is 0 Å². The number of hydrogen-bond acceptors (Lipinski definition) is 4. The molecule has 4 N–H and O–H groups in total. The van der Waals surface area contributed by atoms with Crippen molar-refractivity contribution in [1.82, 2.24) is 9.97 Å². The molecule has 0 spiro atoms. The molecule has 4 nitrogen and oxygen atoms in total. The van der Waals surface area contributed by atoms with Crippen LogP contribution < -0.4 is 11.5 Å². The molecule has 0 aromatic carbocycles. The predicted octanol–water partition coefficient (Wildman–Crippen LogP) is 1.31. The first-order valence-electron chi connectivity index (χ1n) is 4.20. The van der Waals surface area contributed by atoms with Gasteiger partial charge in [-0.15, -0.1) is 0 Å². The van der Waals surface area contributed by atoms with E-state index >= 15 is 0 Å². The Labute approximate surface area is 81.6 Å². The summed E-state index contributed by atoms with van der Waals surface area (Å²) < 4.78 is 0. The van der Waals surface area contributed by atoms with Crippen LogP contribution in [0.4, 0.5) is 11.5 Å². The number of aromatic nitrogens is 2. The zero-order valence-electron chi connectivity index (χ0n) is 7.51. The summed E-state index contributed by atoms with van der Waals surface area (Å²) in [7, 11) is 0.